The maximum atomic E-state index is 13.3. The molecule has 0 radical (unpaired) electrons. The van der Waals surface area contributed by atoms with Gasteiger partial charge in [0.1, 0.15) is 10.9 Å². The van der Waals surface area contributed by atoms with Crippen LogP contribution in [0.2, 0.25) is 0 Å². The van der Waals surface area contributed by atoms with Gasteiger partial charge in [0.15, 0.2) is 0 Å². The number of pyridine rings is 1. The van der Waals surface area contributed by atoms with E-state index in [0.29, 0.717) is 13.0 Å². The summed E-state index contributed by atoms with van der Waals surface area (Å²) in [6, 6.07) is 29.0. The van der Waals surface area contributed by atoms with Gasteiger partial charge >= 0.3 is 5.97 Å². The number of nitrogens with one attached hydrogen (secondary N) is 1. The zero-order valence-electron chi connectivity index (χ0n) is 22.2. The minimum Gasteiger partial charge on any atom is -0.465 e. The van der Waals surface area contributed by atoms with Crippen molar-refractivity contribution >= 4 is 51.3 Å². The number of hydrogen-bond donors (Lipinski definition) is 1. The molecule has 5 rings (SSSR count). The molecule has 0 amide bonds. The summed E-state index contributed by atoms with van der Waals surface area (Å²) >= 11 is 3.44. The van der Waals surface area contributed by atoms with Crippen LogP contribution in [0.4, 0.5) is 0 Å². The SMILES string of the molecule is CCOC(=O)C(Cc1ccccc1)c1[nH]c2ccc(Sc3ccc4ccccc4n3)cc2c1SC(C)(C)C. The van der Waals surface area contributed by atoms with Gasteiger partial charge in [0.05, 0.1) is 12.1 Å². The average molecular weight is 541 g/mol. The molecule has 1 atom stereocenters. The van der Waals surface area contributed by atoms with Crippen molar-refractivity contribution in [1.29, 1.82) is 0 Å². The van der Waals surface area contributed by atoms with E-state index < -0.39 is 5.92 Å². The van der Waals surface area contributed by atoms with Crippen LogP contribution < -0.4 is 0 Å². The molecule has 2 heterocycles. The number of carbonyl (C=O) groups excluding carboxylic acids is 1. The molecule has 1 N–H and O–H groups in total. The third kappa shape index (κ3) is 6.08. The van der Waals surface area contributed by atoms with Crippen LogP contribution in [0.25, 0.3) is 21.8 Å². The Hall–Kier alpha value is -3.22. The van der Waals surface area contributed by atoms with E-state index in [2.05, 4.69) is 74.3 Å². The zero-order chi connectivity index (χ0) is 26.7. The number of benzene rings is 3. The van der Waals surface area contributed by atoms with E-state index in [1.807, 2.05) is 43.3 Å². The number of ether oxygens (including phenoxy) is 1. The second-order valence-corrected chi connectivity index (χ2v) is 13.2. The van der Waals surface area contributed by atoms with Crippen LogP contribution in [0.3, 0.4) is 0 Å². The lowest BCUT2D eigenvalue weighted by Crippen LogP contribution is -2.20. The second-order valence-electron chi connectivity index (χ2n) is 10.2. The predicted molar refractivity (Wildman–Crippen MR) is 159 cm³/mol. The number of nitrogens with zero attached hydrogens (tertiary/aromatic N) is 1. The van der Waals surface area contributed by atoms with E-state index >= 15 is 0 Å². The lowest BCUT2D eigenvalue weighted by Gasteiger charge is -2.21. The van der Waals surface area contributed by atoms with Crippen molar-refractivity contribution in [2.24, 2.45) is 0 Å². The quantitative estimate of drug-likeness (QED) is 0.158. The molecule has 3 aromatic carbocycles. The molecule has 4 nitrogen and oxygen atoms in total. The molecular weight excluding hydrogens is 508 g/mol. The smallest absolute Gasteiger partial charge is 0.315 e. The Balaban J connectivity index is 1.57. The molecule has 0 fully saturated rings. The molecule has 1 unspecified atom stereocenters. The Kier molecular flexibility index (Phi) is 7.82. The van der Waals surface area contributed by atoms with Crippen molar-refractivity contribution in [1.82, 2.24) is 9.97 Å². The highest BCUT2D eigenvalue weighted by Crippen LogP contribution is 2.44. The molecule has 0 aliphatic carbocycles. The maximum absolute atomic E-state index is 13.3. The van der Waals surface area contributed by atoms with Crippen molar-refractivity contribution in [2.45, 2.75) is 59.6 Å². The summed E-state index contributed by atoms with van der Waals surface area (Å²) in [6.07, 6.45) is 0.576. The topological polar surface area (TPSA) is 55.0 Å². The van der Waals surface area contributed by atoms with Gasteiger partial charge in [-0.1, -0.05) is 87.1 Å². The first-order valence-electron chi connectivity index (χ1n) is 12.9. The maximum Gasteiger partial charge on any atom is 0.315 e. The first-order chi connectivity index (χ1) is 18.3. The van der Waals surface area contributed by atoms with E-state index in [4.69, 9.17) is 9.72 Å². The Labute approximate surface area is 232 Å². The largest absolute Gasteiger partial charge is 0.465 e. The molecule has 0 bridgehead atoms. The normalized spacial score (nSPS) is 12.6. The third-order valence-corrected chi connectivity index (χ3v) is 8.34. The molecule has 0 spiro atoms. The predicted octanol–water partition coefficient (Wildman–Crippen LogP) is 8.65. The monoisotopic (exact) mass is 540 g/mol. The third-order valence-electron chi connectivity index (χ3n) is 6.16. The molecule has 0 saturated heterocycles. The van der Waals surface area contributed by atoms with Gasteiger partial charge in [0.2, 0.25) is 0 Å². The number of hydrogen-bond acceptors (Lipinski definition) is 5. The molecule has 5 aromatic rings. The fourth-order valence-corrected chi connectivity index (χ4v) is 6.54. The molecular formula is C32H32N2O2S2. The number of para-hydroxylation sites is 1. The minimum absolute atomic E-state index is 0.0428. The summed E-state index contributed by atoms with van der Waals surface area (Å²) < 4.78 is 5.53. The number of fused-ring (bicyclic) bond motifs is 2. The minimum atomic E-state index is -0.423. The van der Waals surface area contributed by atoms with Crippen LogP contribution >= 0.6 is 23.5 Å². The van der Waals surface area contributed by atoms with E-state index in [9.17, 15) is 4.79 Å². The summed E-state index contributed by atoms with van der Waals surface area (Å²) in [7, 11) is 0. The number of aromatic amines is 1. The summed E-state index contributed by atoms with van der Waals surface area (Å²) in [4.78, 5) is 24.0. The van der Waals surface area contributed by atoms with Gasteiger partial charge in [-0.25, -0.2) is 4.98 Å². The van der Waals surface area contributed by atoms with E-state index in [0.717, 1.165) is 47.9 Å². The van der Waals surface area contributed by atoms with E-state index in [1.165, 1.54) is 0 Å². The average Bonchev–Trinajstić information content (AvgIpc) is 3.23. The van der Waals surface area contributed by atoms with Crippen molar-refractivity contribution < 1.29 is 9.53 Å². The fourth-order valence-electron chi connectivity index (χ4n) is 4.51. The lowest BCUT2D eigenvalue weighted by atomic mass is 9.96. The van der Waals surface area contributed by atoms with Crippen molar-refractivity contribution in [2.75, 3.05) is 6.61 Å². The fraction of sp³-hybridized carbons (Fsp3) is 0.250. The summed E-state index contributed by atoms with van der Waals surface area (Å²) in [5.41, 5.74) is 4.04. The second kappa shape index (κ2) is 11.3. The summed E-state index contributed by atoms with van der Waals surface area (Å²) in [5.74, 6) is -0.624. The summed E-state index contributed by atoms with van der Waals surface area (Å²) in [6.45, 7) is 8.82. The lowest BCUT2D eigenvalue weighted by molar-refractivity contribution is -0.145. The molecule has 0 aliphatic rings. The highest BCUT2D eigenvalue weighted by Gasteiger charge is 2.30. The van der Waals surface area contributed by atoms with Gasteiger partial charge in [-0.2, -0.15) is 0 Å². The number of H-pyrrole nitrogens is 1. The van der Waals surface area contributed by atoms with Crippen LogP contribution in [0, 0.1) is 0 Å². The van der Waals surface area contributed by atoms with E-state index in [-0.39, 0.29) is 10.7 Å². The summed E-state index contributed by atoms with van der Waals surface area (Å²) in [5, 5.41) is 3.21. The van der Waals surface area contributed by atoms with Gasteiger partial charge in [-0.3, -0.25) is 4.79 Å². The Morgan fingerprint density at radius 1 is 0.974 bits per heavy atom. The molecule has 2 aromatic heterocycles. The highest BCUT2D eigenvalue weighted by molar-refractivity contribution is 8.01. The Morgan fingerprint density at radius 2 is 1.74 bits per heavy atom. The number of carbonyl (C=O) groups is 1. The van der Waals surface area contributed by atoms with Crippen LogP contribution in [0.1, 0.15) is 44.9 Å². The Morgan fingerprint density at radius 3 is 2.50 bits per heavy atom. The molecule has 38 heavy (non-hydrogen) atoms. The van der Waals surface area contributed by atoms with Gasteiger partial charge < -0.3 is 9.72 Å². The number of thioether (sulfide) groups is 1. The molecule has 0 saturated carbocycles. The first-order valence-corrected chi connectivity index (χ1v) is 14.5. The molecule has 194 valence electrons. The van der Waals surface area contributed by atoms with Crippen LogP contribution in [-0.2, 0) is 16.0 Å². The van der Waals surface area contributed by atoms with Gasteiger partial charge in [-0.05, 0) is 49.2 Å². The number of esters is 1. The van der Waals surface area contributed by atoms with Gasteiger partial charge in [-0.15, -0.1) is 11.8 Å². The Bertz CT molecular complexity index is 1570. The van der Waals surface area contributed by atoms with Gasteiger partial charge in [0, 0.05) is 36.5 Å². The van der Waals surface area contributed by atoms with Crippen LogP contribution in [0.15, 0.2) is 99.7 Å². The van der Waals surface area contributed by atoms with Crippen molar-refractivity contribution in [3.8, 4) is 0 Å². The number of aromatic nitrogens is 2. The molecule has 6 heteroatoms. The number of rotatable bonds is 8. The molecule has 0 aliphatic heterocycles. The van der Waals surface area contributed by atoms with Crippen LogP contribution in [-0.4, -0.2) is 27.3 Å². The van der Waals surface area contributed by atoms with Crippen molar-refractivity contribution in [3.05, 3.63) is 96.2 Å². The van der Waals surface area contributed by atoms with Crippen LogP contribution in [0.5, 0.6) is 0 Å². The van der Waals surface area contributed by atoms with Crippen molar-refractivity contribution in [3.63, 3.8) is 0 Å². The zero-order valence-corrected chi connectivity index (χ0v) is 23.8. The van der Waals surface area contributed by atoms with E-state index in [1.54, 1.807) is 23.5 Å². The highest BCUT2D eigenvalue weighted by atomic mass is 32.2. The standard InChI is InChI=1S/C32H32N2O2S2/c1-5-36-31(35)25(19-21-11-7-6-8-12-21)29-30(38-32(2,3)4)24-20-23(16-17-27(24)34-29)37-28-18-15-22-13-9-10-14-26(22)33-28/h6-18,20,25,34H,5,19H2,1-4H3. The van der Waals surface area contributed by atoms with Gasteiger partial charge in [0.25, 0.3) is 0 Å². The first kappa shape index (κ1) is 26.4.